The van der Waals surface area contributed by atoms with E-state index in [1.807, 2.05) is 25.1 Å². The summed E-state index contributed by atoms with van der Waals surface area (Å²) in [6.07, 6.45) is 4.11. The third-order valence-electron chi connectivity index (χ3n) is 4.21. The van der Waals surface area contributed by atoms with Crippen molar-refractivity contribution in [1.29, 1.82) is 0 Å². The molecule has 106 valence electrons. The average molecular weight is 273 g/mol. The van der Waals surface area contributed by atoms with Gasteiger partial charge >= 0.3 is 0 Å². The predicted molar refractivity (Wildman–Crippen MR) is 73.5 cm³/mol. The van der Waals surface area contributed by atoms with Crippen LogP contribution in [-0.4, -0.2) is 33.8 Å². The van der Waals surface area contributed by atoms with Gasteiger partial charge in [-0.05, 0) is 37.8 Å². The molecule has 1 aliphatic heterocycles. The molecule has 1 saturated carbocycles. The van der Waals surface area contributed by atoms with Crippen LogP contribution in [0, 0.1) is 5.92 Å². The highest BCUT2D eigenvalue weighted by Gasteiger charge is 2.51. The summed E-state index contributed by atoms with van der Waals surface area (Å²) in [6.45, 7) is 2.79. The third kappa shape index (κ3) is 2.40. The molecule has 2 amide bonds. The Labute approximate surface area is 118 Å². The molecule has 0 aromatic carbocycles. The van der Waals surface area contributed by atoms with Gasteiger partial charge in [-0.3, -0.25) is 14.6 Å². The van der Waals surface area contributed by atoms with Crippen LogP contribution in [0.1, 0.15) is 31.9 Å². The highest BCUT2D eigenvalue weighted by molar-refractivity contribution is 5.93. The molecular weight excluding hydrogens is 254 g/mol. The summed E-state index contributed by atoms with van der Waals surface area (Å²) >= 11 is 0. The standard InChI is InChI=1S/C15H19N3O2/c1-15(11-5-6-11)14(20)18(9-7-13(19)17-15)10-12-4-2-3-8-16-12/h2-4,8,11H,5-7,9-10H2,1H3,(H,17,19). The van der Waals surface area contributed by atoms with E-state index >= 15 is 0 Å². The van der Waals surface area contributed by atoms with Crippen molar-refractivity contribution in [3.63, 3.8) is 0 Å². The summed E-state index contributed by atoms with van der Waals surface area (Å²) < 4.78 is 0. The van der Waals surface area contributed by atoms with Crippen LogP contribution in [0.15, 0.2) is 24.4 Å². The molecule has 1 aromatic heterocycles. The highest BCUT2D eigenvalue weighted by atomic mass is 16.2. The maximum Gasteiger partial charge on any atom is 0.248 e. The first-order valence-corrected chi connectivity index (χ1v) is 7.10. The van der Waals surface area contributed by atoms with E-state index in [0.717, 1.165) is 18.5 Å². The Kier molecular flexibility index (Phi) is 3.20. The number of amides is 2. The minimum Gasteiger partial charge on any atom is -0.342 e. The summed E-state index contributed by atoms with van der Waals surface area (Å²) in [5, 5.41) is 2.93. The van der Waals surface area contributed by atoms with Crippen LogP contribution >= 0.6 is 0 Å². The molecule has 5 nitrogen and oxygen atoms in total. The molecule has 1 N–H and O–H groups in total. The largest absolute Gasteiger partial charge is 0.342 e. The van der Waals surface area contributed by atoms with Gasteiger partial charge in [-0.25, -0.2) is 0 Å². The van der Waals surface area contributed by atoms with E-state index in [9.17, 15) is 9.59 Å². The highest BCUT2D eigenvalue weighted by Crippen LogP contribution is 2.41. The van der Waals surface area contributed by atoms with E-state index in [2.05, 4.69) is 10.3 Å². The lowest BCUT2D eigenvalue weighted by Crippen LogP contribution is -2.56. The van der Waals surface area contributed by atoms with E-state index in [0.29, 0.717) is 19.5 Å². The first-order valence-electron chi connectivity index (χ1n) is 7.10. The van der Waals surface area contributed by atoms with Gasteiger partial charge in [-0.2, -0.15) is 0 Å². The molecule has 5 heteroatoms. The predicted octanol–water partition coefficient (Wildman–Crippen LogP) is 1.10. The lowest BCUT2D eigenvalue weighted by Gasteiger charge is -2.32. The number of nitrogens with zero attached hydrogens (tertiary/aromatic N) is 2. The SMILES string of the molecule is CC1(C2CC2)NC(=O)CCN(Cc2ccccn2)C1=O. The Morgan fingerprint density at radius 1 is 1.40 bits per heavy atom. The minimum atomic E-state index is -0.734. The monoisotopic (exact) mass is 273 g/mol. The van der Waals surface area contributed by atoms with Crippen LogP contribution in [0.4, 0.5) is 0 Å². The first kappa shape index (κ1) is 13.1. The number of hydrogen-bond acceptors (Lipinski definition) is 3. The fraction of sp³-hybridized carbons (Fsp3) is 0.533. The van der Waals surface area contributed by atoms with E-state index in [-0.39, 0.29) is 17.7 Å². The normalized spacial score (nSPS) is 27.1. The fourth-order valence-electron chi connectivity index (χ4n) is 2.85. The van der Waals surface area contributed by atoms with Crippen molar-refractivity contribution < 1.29 is 9.59 Å². The van der Waals surface area contributed by atoms with Gasteiger partial charge in [0.2, 0.25) is 11.8 Å². The number of hydrogen-bond donors (Lipinski definition) is 1. The van der Waals surface area contributed by atoms with Crippen LogP contribution in [0.5, 0.6) is 0 Å². The zero-order valence-electron chi connectivity index (χ0n) is 11.6. The Morgan fingerprint density at radius 3 is 2.85 bits per heavy atom. The smallest absolute Gasteiger partial charge is 0.248 e. The molecule has 20 heavy (non-hydrogen) atoms. The summed E-state index contributed by atoms with van der Waals surface area (Å²) in [4.78, 5) is 30.7. The molecule has 2 heterocycles. The maximum absolute atomic E-state index is 12.8. The molecule has 1 atom stereocenters. The molecule has 1 aromatic rings. The number of pyridine rings is 1. The summed E-state index contributed by atoms with van der Waals surface area (Å²) in [5.74, 6) is 0.274. The Bertz CT molecular complexity index is 527. The van der Waals surface area contributed by atoms with Crippen LogP contribution in [0.3, 0.4) is 0 Å². The topological polar surface area (TPSA) is 62.3 Å². The molecule has 3 rings (SSSR count). The van der Waals surface area contributed by atoms with Crippen molar-refractivity contribution >= 4 is 11.8 Å². The number of carbonyl (C=O) groups excluding carboxylic acids is 2. The molecule has 0 spiro atoms. The third-order valence-corrected chi connectivity index (χ3v) is 4.21. The van der Waals surface area contributed by atoms with Crippen LogP contribution in [0.25, 0.3) is 0 Å². The second-order valence-electron chi connectivity index (χ2n) is 5.82. The Hall–Kier alpha value is -1.91. The summed E-state index contributed by atoms with van der Waals surface area (Å²) in [5.41, 5.74) is 0.121. The van der Waals surface area contributed by atoms with Crippen molar-refractivity contribution in [3.8, 4) is 0 Å². The van der Waals surface area contributed by atoms with Gasteiger partial charge in [0, 0.05) is 19.2 Å². The van der Waals surface area contributed by atoms with Crippen molar-refractivity contribution in [2.24, 2.45) is 5.92 Å². The van der Waals surface area contributed by atoms with Gasteiger partial charge in [0.15, 0.2) is 0 Å². The molecule has 0 bridgehead atoms. The van der Waals surface area contributed by atoms with E-state index < -0.39 is 5.54 Å². The number of nitrogens with one attached hydrogen (secondary N) is 1. The Balaban J connectivity index is 1.83. The van der Waals surface area contributed by atoms with Crippen molar-refractivity contribution in [2.45, 2.75) is 38.3 Å². The quantitative estimate of drug-likeness (QED) is 0.897. The Morgan fingerprint density at radius 2 is 2.20 bits per heavy atom. The van der Waals surface area contributed by atoms with Gasteiger partial charge in [-0.1, -0.05) is 6.07 Å². The van der Waals surface area contributed by atoms with E-state index in [1.54, 1.807) is 11.1 Å². The average Bonchev–Trinajstić information content (AvgIpc) is 3.28. The van der Waals surface area contributed by atoms with Gasteiger partial charge in [0.25, 0.3) is 0 Å². The van der Waals surface area contributed by atoms with Crippen LogP contribution < -0.4 is 5.32 Å². The van der Waals surface area contributed by atoms with E-state index in [4.69, 9.17) is 0 Å². The molecule has 1 unspecified atom stereocenters. The van der Waals surface area contributed by atoms with Crippen molar-refractivity contribution in [3.05, 3.63) is 30.1 Å². The summed E-state index contributed by atoms with van der Waals surface area (Å²) in [7, 11) is 0. The van der Waals surface area contributed by atoms with Gasteiger partial charge in [0.1, 0.15) is 5.54 Å². The zero-order valence-corrected chi connectivity index (χ0v) is 11.6. The van der Waals surface area contributed by atoms with Crippen LogP contribution in [-0.2, 0) is 16.1 Å². The molecule has 2 fully saturated rings. The number of carbonyl (C=O) groups is 2. The zero-order chi connectivity index (χ0) is 14.2. The van der Waals surface area contributed by atoms with Crippen molar-refractivity contribution in [1.82, 2.24) is 15.2 Å². The fourth-order valence-corrected chi connectivity index (χ4v) is 2.85. The second kappa shape index (κ2) is 4.89. The maximum atomic E-state index is 12.8. The lowest BCUT2D eigenvalue weighted by molar-refractivity contribution is -0.139. The molecule has 1 saturated heterocycles. The van der Waals surface area contributed by atoms with Gasteiger partial charge in [-0.15, -0.1) is 0 Å². The number of aromatic nitrogens is 1. The number of rotatable bonds is 3. The summed E-state index contributed by atoms with van der Waals surface area (Å²) in [6, 6.07) is 5.67. The van der Waals surface area contributed by atoms with E-state index in [1.165, 1.54) is 0 Å². The molecule has 0 radical (unpaired) electrons. The minimum absolute atomic E-state index is 0.0245. The molecule has 2 aliphatic rings. The first-order chi connectivity index (χ1) is 9.59. The lowest BCUT2D eigenvalue weighted by atomic mass is 9.94. The van der Waals surface area contributed by atoms with Crippen LogP contribution in [0.2, 0.25) is 0 Å². The second-order valence-corrected chi connectivity index (χ2v) is 5.82. The van der Waals surface area contributed by atoms with Crippen molar-refractivity contribution in [2.75, 3.05) is 6.54 Å². The van der Waals surface area contributed by atoms with Gasteiger partial charge < -0.3 is 10.2 Å². The van der Waals surface area contributed by atoms with Gasteiger partial charge in [0.05, 0.1) is 12.2 Å². The molecule has 1 aliphatic carbocycles. The molecular formula is C15H19N3O2.